The Morgan fingerprint density at radius 2 is 1.70 bits per heavy atom. The molecule has 4 heteroatoms. The number of methoxy groups -OCH3 is 1. The zero-order valence-electron chi connectivity index (χ0n) is 10.9. The van der Waals surface area contributed by atoms with Gasteiger partial charge in [0.25, 0.3) is 0 Å². The van der Waals surface area contributed by atoms with Crippen molar-refractivity contribution in [3.8, 4) is 5.75 Å². The van der Waals surface area contributed by atoms with Crippen molar-refractivity contribution in [2.45, 2.75) is 0 Å². The van der Waals surface area contributed by atoms with Gasteiger partial charge >= 0.3 is 0 Å². The van der Waals surface area contributed by atoms with E-state index in [0.29, 0.717) is 0 Å². The van der Waals surface area contributed by atoms with Crippen molar-refractivity contribution in [2.24, 2.45) is 0 Å². The van der Waals surface area contributed by atoms with E-state index in [1.54, 1.807) is 19.2 Å². The van der Waals surface area contributed by atoms with Crippen LogP contribution in [0.15, 0.2) is 47.4 Å². The number of ether oxygens (including phenoxy) is 1. The number of fused-ring (bicyclic) bond motifs is 6. The molecule has 20 heavy (non-hydrogen) atoms. The van der Waals surface area contributed by atoms with E-state index in [-0.39, 0.29) is 5.43 Å². The van der Waals surface area contributed by atoms with Crippen molar-refractivity contribution in [2.75, 3.05) is 7.11 Å². The van der Waals surface area contributed by atoms with E-state index >= 15 is 0 Å². The lowest BCUT2D eigenvalue weighted by atomic mass is 9.98. The number of aromatic amines is 2. The first-order valence-corrected chi connectivity index (χ1v) is 6.37. The molecule has 0 amide bonds. The van der Waals surface area contributed by atoms with Crippen LogP contribution in [0.5, 0.6) is 5.75 Å². The van der Waals surface area contributed by atoms with Crippen LogP contribution in [0.4, 0.5) is 0 Å². The van der Waals surface area contributed by atoms with Crippen LogP contribution in [0.1, 0.15) is 0 Å². The summed E-state index contributed by atoms with van der Waals surface area (Å²) in [4.78, 5) is 11.7. The van der Waals surface area contributed by atoms with Gasteiger partial charge in [0.1, 0.15) is 5.75 Å². The highest BCUT2D eigenvalue weighted by Crippen LogP contribution is 2.34. The maximum atomic E-state index is 11.7. The normalized spacial score (nSPS) is 11.4. The molecule has 0 aliphatic rings. The Morgan fingerprint density at radius 3 is 2.55 bits per heavy atom. The van der Waals surface area contributed by atoms with E-state index in [2.05, 4.69) is 10.2 Å². The number of hydrogen-bond donors (Lipinski definition) is 2. The van der Waals surface area contributed by atoms with Gasteiger partial charge in [0.15, 0.2) is 5.43 Å². The molecular formula is C16H12N2O2. The fourth-order valence-electron chi connectivity index (χ4n) is 2.82. The van der Waals surface area contributed by atoms with Gasteiger partial charge in [0.2, 0.25) is 0 Å². The van der Waals surface area contributed by atoms with Crippen LogP contribution in [0.25, 0.3) is 32.4 Å². The predicted molar refractivity (Wildman–Crippen MR) is 80.5 cm³/mol. The molecule has 0 saturated heterocycles. The molecule has 4 nitrogen and oxygen atoms in total. The van der Waals surface area contributed by atoms with Crippen LogP contribution < -0.4 is 10.2 Å². The Balaban J connectivity index is 2.37. The maximum absolute atomic E-state index is 11.7. The van der Waals surface area contributed by atoms with Crippen LogP contribution in [-0.2, 0) is 0 Å². The molecule has 4 rings (SSSR count). The minimum absolute atomic E-state index is 0.0107. The number of benzene rings is 3. The van der Waals surface area contributed by atoms with E-state index < -0.39 is 0 Å². The largest absolute Gasteiger partial charge is 0.497 e. The van der Waals surface area contributed by atoms with Gasteiger partial charge in [-0.15, -0.1) is 0 Å². The third-order valence-corrected chi connectivity index (χ3v) is 3.75. The molecule has 0 aliphatic heterocycles. The highest BCUT2D eigenvalue weighted by Gasteiger charge is 2.10. The predicted octanol–water partition coefficient (Wildman–Crippen LogP) is 3.17. The molecule has 0 atom stereocenters. The first-order chi connectivity index (χ1) is 9.78. The number of nitrogens with one attached hydrogen (secondary N) is 2. The highest BCUT2D eigenvalue weighted by molar-refractivity contribution is 6.24. The van der Waals surface area contributed by atoms with Crippen molar-refractivity contribution in [1.29, 1.82) is 0 Å². The van der Waals surface area contributed by atoms with Crippen LogP contribution >= 0.6 is 0 Å². The van der Waals surface area contributed by atoms with Gasteiger partial charge in [0, 0.05) is 17.0 Å². The number of H-pyrrole nitrogens is 2. The summed E-state index contributed by atoms with van der Waals surface area (Å²) < 4.78 is 5.30. The zero-order chi connectivity index (χ0) is 13.7. The fourth-order valence-corrected chi connectivity index (χ4v) is 2.82. The Morgan fingerprint density at radius 1 is 0.900 bits per heavy atom. The van der Waals surface area contributed by atoms with Gasteiger partial charge in [-0.2, -0.15) is 0 Å². The summed E-state index contributed by atoms with van der Waals surface area (Å²) in [7, 11) is 1.64. The van der Waals surface area contributed by atoms with Gasteiger partial charge in [0.05, 0.1) is 12.6 Å². The van der Waals surface area contributed by atoms with Crippen LogP contribution in [0, 0.1) is 0 Å². The Kier molecular flexibility index (Phi) is 2.15. The average Bonchev–Trinajstić information content (AvgIpc) is 2.96. The number of hydrogen-bond acceptors (Lipinski definition) is 2. The van der Waals surface area contributed by atoms with Gasteiger partial charge in [-0.25, -0.2) is 0 Å². The standard InChI is InChI=1S/C16H12N2O2/c1-20-10-3-5-11-14(7-10)13-6-9(19)2-4-12(13)16-15(11)8-17-18-16/h2-8,17-18H,1H3. The van der Waals surface area contributed by atoms with Crippen LogP contribution in [0.3, 0.4) is 0 Å². The van der Waals surface area contributed by atoms with Gasteiger partial charge in [-0.1, -0.05) is 0 Å². The third kappa shape index (κ3) is 1.39. The second kappa shape index (κ2) is 3.87. The minimum Gasteiger partial charge on any atom is -0.497 e. The summed E-state index contributed by atoms with van der Waals surface area (Å²) in [5.41, 5.74) is 1.02. The molecule has 98 valence electrons. The molecule has 0 spiro atoms. The zero-order valence-corrected chi connectivity index (χ0v) is 10.9. The second-order valence-corrected chi connectivity index (χ2v) is 4.82. The molecular weight excluding hydrogens is 252 g/mol. The smallest absolute Gasteiger partial charge is 0.179 e. The lowest BCUT2D eigenvalue weighted by Crippen LogP contribution is -1.95. The van der Waals surface area contributed by atoms with E-state index in [0.717, 1.165) is 38.2 Å². The lowest BCUT2D eigenvalue weighted by Gasteiger charge is -2.08. The third-order valence-electron chi connectivity index (χ3n) is 3.75. The first-order valence-electron chi connectivity index (χ1n) is 6.37. The number of rotatable bonds is 1. The minimum atomic E-state index is 0.0107. The first kappa shape index (κ1) is 11.1. The van der Waals surface area contributed by atoms with E-state index in [1.165, 1.54) is 0 Å². The van der Waals surface area contributed by atoms with Crippen molar-refractivity contribution < 1.29 is 4.74 Å². The molecule has 2 N–H and O–H groups in total. The molecule has 1 heterocycles. The fraction of sp³-hybridized carbons (Fsp3) is 0.0625. The van der Waals surface area contributed by atoms with E-state index in [4.69, 9.17) is 4.74 Å². The summed E-state index contributed by atoms with van der Waals surface area (Å²) in [6, 6.07) is 11.1. The lowest BCUT2D eigenvalue weighted by molar-refractivity contribution is 0.415. The van der Waals surface area contributed by atoms with Crippen molar-refractivity contribution >= 4 is 32.4 Å². The summed E-state index contributed by atoms with van der Waals surface area (Å²) in [5.74, 6) is 0.786. The molecule has 0 unspecified atom stereocenters. The Bertz CT molecular complexity index is 1010. The molecule has 3 aromatic carbocycles. The van der Waals surface area contributed by atoms with E-state index in [1.807, 2.05) is 30.5 Å². The highest BCUT2D eigenvalue weighted by atomic mass is 16.5. The van der Waals surface area contributed by atoms with E-state index in [9.17, 15) is 4.79 Å². The molecule has 0 bridgehead atoms. The molecule has 0 fully saturated rings. The Labute approximate surface area is 114 Å². The van der Waals surface area contributed by atoms with Crippen LogP contribution in [0.2, 0.25) is 0 Å². The quantitative estimate of drug-likeness (QED) is 0.519. The van der Waals surface area contributed by atoms with Crippen LogP contribution in [-0.4, -0.2) is 17.3 Å². The SMILES string of the molecule is COc1ccc2c(c1)c1cc(=O)ccc1c1[nH][nH]cc21. The monoisotopic (exact) mass is 264 g/mol. The average molecular weight is 264 g/mol. The second-order valence-electron chi connectivity index (χ2n) is 4.82. The summed E-state index contributed by atoms with van der Waals surface area (Å²) >= 11 is 0. The van der Waals surface area contributed by atoms with Crippen molar-refractivity contribution in [3.05, 3.63) is 52.8 Å². The summed E-state index contributed by atoms with van der Waals surface area (Å²) in [5, 5.41) is 11.4. The van der Waals surface area contributed by atoms with Gasteiger partial charge in [-0.3, -0.25) is 4.79 Å². The Hall–Kier alpha value is -2.75. The molecule has 0 radical (unpaired) electrons. The van der Waals surface area contributed by atoms with Crippen molar-refractivity contribution in [1.82, 2.24) is 10.2 Å². The van der Waals surface area contributed by atoms with Gasteiger partial charge in [-0.05, 0) is 52.6 Å². The van der Waals surface area contributed by atoms with Gasteiger partial charge < -0.3 is 14.9 Å². The molecule has 4 aromatic rings. The van der Waals surface area contributed by atoms with Crippen molar-refractivity contribution in [3.63, 3.8) is 0 Å². The maximum Gasteiger partial charge on any atom is 0.179 e. The number of aromatic nitrogens is 2. The molecule has 0 saturated carbocycles. The molecule has 1 aromatic heterocycles. The topological polar surface area (TPSA) is 57.9 Å². The summed E-state index contributed by atoms with van der Waals surface area (Å²) in [6.07, 6.45) is 1.94. The molecule has 0 aliphatic carbocycles. The summed E-state index contributed by atoms with van der Waals surface area (Å²) in [6.45, 7) is 0.